The van der Waals surface area contributed by atoms with E-state index in [9.17, 15) is 10.1 Å². The number of nitro groups is 1. The maximum absolute atomic E-state index is 10.8. The fourth-order valence-corrected chi connectivity index (χ4v) is 4.04. The van der Waals surface area contributed by atoms with Crippen LogP contribution in [-0.2, 0) is 0 Å². The van der Waals surface area contributed by atoms with Crippen LogP contribution in [0.4, 0.5) is 5.69 Å². The maximum Gasteiger partial charge on any atom is 0.269 e. The van der Waals surface area contributed by atoms with Gasteiger partial charge in [0.2, 0.25) is 11.8 Å². The standard InChI is InChI=1S/C21H15N7O3S/c1-13(19-25-26-20(31-19)14-7-9-16(10-8-14)28(29)30)32-21-17-11-24-27(18(17)22-12-23-21)15-5-3-2-4-6-15/h2-13H,1H3. The summed E-state index contributed by atoms with van der Waals surface area (Å²) in [5.41, 5.74) is 2.23. The van der Waals surface area contributed by atoms with E-state index in [1.165, 1.54) is 30.2 Å². The third-order valence-electron chi connectivity index (χ3n) is 4.73. The van der Waals surface area contributed by atoms with Gasteiger partial charge < -0.3 is 4.42 Å². The number of nitrogens with zero attached hydrogens (tertiary/aromatic N) is 7. The zero-order chi connectivity index (χ0) is 22.1. The lowest BCUT2D eigenvalue weighted by Crippen LogP contribution is -1.98. The molecule has 10 nitrogen and oxygen atoms in total. The van der Waals surface area contributed by atoms with Crippen LogP contribution in [0.3, 0.4) is 0 Å². The number of benzene rings is 2. The summed E-state index contributed by atoms with van der Waals surface area (Å²) in [6, 6.07) is 15.7. The summed E-state index contributed by atoms with van der Waals surface area (Å²) < 4.78 is 7.58. The van der Waals surface area contributed by atoms with Gasteiger partial charge in [-0.2, -0.15) is 5.10 Å². The summed E-state index contributed by atoms with van der Waals surface area (Å²) in [4.78, 5) is 19.2. The first-order valence-electron chi connectivity index (χ1n) is 9.59. The van der Waals surface area contributed by atoms with Crippen molar-refractivity contribution in [2.75, 3.05) is 0 Å². The Morgan fingerprint density at radius 1 is 1.06 bits per heavy atom. The Kier molecular flexibility index (Phi) is 5.07. The van der Waals surface area contributed by atoms with E-state index in [4.69, 9.17) is 4.42 Å². The molecular weight excluding hydrogens is 430 g/mol. The van der Waals surface area contributed by atoms with Crippen molar-refractivity contribution in [3.8, 4) is 17.1 Å². The summed E-state index contributed by atoms with van der Waals surface area (Å²) >= 11 is 1.46. The van der Waals surface area contributed by atoms with Crippen molar-refractivity contribution in [3.05, 3.63) is 83.1 Å². The van der Waals surface area contributed by atoms with E-state index in [0.717, 1.165) is 16.1 Å². The Morgan fingerprint density at radius 3 is 2.59 bits per heavy atom. The van der Waals surface area contributed by atoms with Gasteiger partial charge in [-0.25, -0.2) is 14.6 Å². The van der Waals surface area contributed by atoms with Crippen molar-refractivity contribution in [2.45, 2.75) is 17.2 Å². The molecule has 3 aromatic heterocycles. The molecule has 1 unspecified atom stereocenters. The Morgan fingerprint density at radius 2 is 1.84 bits per heavy atom. The van der Waals surface area contributed by atoms with E-state index in [1.807, 2.05) is 37.3 Å². The smallest absolute Gasteiger partial charge is 0.269 e. The highest BCUT2D eigenvalue weighted by molar-refractivity contribution is 7.99. The molecule has 0 aliphatic heterocycles. The molecule has 0 spiro atoms. The van der Waals surface area contributed by atoms with Crippen molar-refractivity contribution in [1.29, 1.82) is 0 Å². The van der Waals surface area contributed by atoms with Crippen LogP contribution in [0, 0.1) is 10.1 Å². The number of para-hydroxylation sites is 1. The van der Waals surface area contributed by atoms with E-state index < -0.39 is 4.92 Å². The number of hydrogen-bond acceptors (Lipinski definition) is 9. The molecule has 0 aliphatic rings. The van der Waals surface area contributed by atoms with E-state index in [-0.39, 0.29) is 10.9 Å². The molecule has 0 radical (unpaired) electrons. The van der Waals surface area contributed by atoms with Gasteiger partial charge in [0, 0.05) is 17.7 Å². The summed E-state index contributed by atoms with van der Waals surface area (Å²) in [5.74, 6) is 0.720. The van der Waals surface area contributed by atoms with E-state index >= 15 is 0 Å². The molecule has 5 aromatic rings. The molecule has 0 N–H and O–H groups in total. The van der Waals surface area contributed by atoms with Gasteiger partial charge in [0.1, 0.15) is 11.4 Å². The molecule has 0 bridgehead atoms. The second kappa shape index (κ2) is 8.19. The fraction of sp³-hybridized carbons (Fsp3) is 0.0952. The van der Waals surface area contributed by atoms with Gasteiger partial charge in [0.15, 0.2) is 5.65 Å². The molecule has 1 atom stereocenters. The topological polar surface area (TPSA) is 126 Å². The average Bonchev–Trinajstić information content (AvgIpc) is 3.48. The summed E-state index contributed by atoms with van der Waals surface area (Å²) in [7, 11) is 0. The van der Waals surface area contributed by atoms with Gasteiger partial charge in [-0.3, -0.25) is 10.1 Å². The minimum atomic E-state index is -0.454. The molecule has 2 aromatic carbocycles. The number of rotatable bonds is 6. The number of thioether (sulfide) groups is 1. The van der Waals surface area contributed by atoms with Crippen LogP contribution < -0.4 is 0 Å². The van der Waals surface area contributed by atoms with Gasteiger partial charge in [-0.1, -0.05) is 30.0 Å². The first kappa shape index (κ1) is 19.8. The SMILES string of the molecule is CC(Sc1ncnc2c1cnn2-c1ccccc1)c1nnc(-c2ccc([N+](=O)[O-])cc2)o1. The molecular formula is C21H15N7O3S. The van der Waals surface area contributed by atoms with Gasteiger partial charge in [-0.05, 0) is 31.2 Å². The van der Waals surface area contributed by atoms with Crippen LogP contribution in [0.5, 0.6) is 0 Å². The van der Waals surface area contributed by atoms with E-state index in [2.05, 4.69) is 25.3 Å². The normalized spacial score (nSPS) is 12.2. The van der Waals surface area contributed by atoms with Gasteiger partial charge in [-0.15, -0.1) is 10.2 Å². The zero-order valence-corrected chi connectivity index (χ0v) is 17.5. The second-order valence-corrected chi connectivity index (χ2v) is 8.15. The van der Waals surface area contributed by atoms with Crippen LogP contribution in [0.15, 0.2) is 76.6 Å². The molecule has 11 heteroatoms. The maximum atomic E-state index is 10.8. The first-order valence-corrected chi connectivity index (χ1v) is 10.5. The predicted molar refractivity (Wildman–Crippen MR) is 117 cm³/mol. The Bertz CT molecular complexity index is 1400. The van der Waals surface area contributed by atoms with Crippen molar-refractivity contribution < 1.29 is 9.34 Å². The second-order valence-electron chi connectivity index (χ2n) is 6.82. The third kappa shape index (κ3) is 3.69. The number of nitro benzene ring substituents is 1. The minimum Gasteiger partial charge on any atom is -0.419 e. The van der Waals surface area contributed by atoms with E-state index in [0.29, 0.717) is 23.0 Å². The molecule has 0 saturated heterocycles. The summed E-state index contributed by atoms with van der Waals surface area (Å²) in [6.07, 6.45) is 3.25. The quantitative estimate of drug-likeness (QED) is 0.159. The van der Waals surface area contributed by atoms with Gasteiger partial charge >= 0.3 is 0 Å². The lowest BCUT2D eigenvalue weighted by atomic mass is 10.2. The zero-order valence-electron chi connectivity index (χ0n) is 16.7. The Balaban J connectivity index is 1.39. The molecule has 0 amide bonds. The van der Waals surface area contributed by atoms with Gasteiger partial charge in [0.05, 0.1) is 27.4 Å². The van der Waals surface area contributed by atoms with E-state index in [1.54, 1.807) is 23.0 Å². The van der Waals surface area contributed by atoms with Crippen molar-refractivity contribution in [2.24, 2.45) is 0 Å². The molecule has 32 heavy (non-hydrogen) atoms. The third-order valence-corrected chi connectivity index (χ3v) is 5.84. The summed E-state index contributed by atoms with van der Waals surface area (Å²) in [6.45, 7) is 1.94. The van der Waals surface area contributed by atoms with Crippen molar-refractivity contribution in [3.63, 3.8) is 0 Å². The van der Waals surface area contributed by atoms with Crippen molar-refractivity contribution in [1.82, 2.24) is 29.9 Å². The lowest BCUT2D eigenvalue weighted by molar-refractivity contribution is -0.384. The first-order chi connectivity index (χ1) is 15.6. The van der Waals surface area contributed by atoms with Crippen molar-refractivity contribution >= 4 is 28.5 Å². The molecule has 5 rings (SSSR count). The molecule has 0 fully saturated rings. The minimum absolute atomic E-state index is 0.00115. The Labute approximate surface area is 185 Å². The van der Waals surface area contributed by atoms with Crippen LogP contribution >= 0.6 is 11.8 Å². The van der Waals surface area contributed by atoms with Crippen LogP contribution in [0.2, 0.25) is 0 Å². The van der Waals surface area contributed by atoms with Crippen LogP contribution in [0.25, 0.3) is 28.2 Å². The highest BCUT2D eigenvalue weighted by Gasteiger charge is 2.20. The highest BCUT2D eigenvalue weighted by Crippen LogP contribution is 2.37. The lowest BCUT2D eigenvalue weighted by Gasteiger charge is -2.07. The molecule has 3 heterocycles. The Hall–Kier alpha value is -4.12. The number of hydrogen-bond donors (Lipinski definition) is 0. The predicted octanol–water partition coefficient (Wildman–Crippen LogP) is 4.63. The molecule has 0 aliphatic carbocycles. The number of non-ortho nitro benzene ring substituents is 1. The highest BCUT2D eigenvalue weighted by atomic mass is 32.2. The average molecular weight is 445 g/mol. The molecule has 0 saturated carbocycles. The number of aromatic nitrogens is 6. The fourth-order valence-electron chi connectivity index (χ4n) is 3.13. The van der Waals surface area contributed by atoms with Crippen LogP contribution in [0.1, 0.15) is 18.1 Å². The molecule has 158 valence electrons. The van der Waals surface area contributed by atoms with Crippen LogP contribution in [-0.4, -0.2) is 34.9 Å². The monoisotopic (exact) mass is 445 g/mol. The summed E-state index contributed by atoms with van der Waals surface area (Å²) in [5, 5.41) is 24.9. The largest absolute Gasteiger partial charge is 0.419 e. The van der Waals surface area contributed by atoms with Gasteiger partial charge in [0.25, 0.3) is 5.69 Å². The number of fused-ring (bicyclic) bond motifs is 1.